The third-order valence-corrected chi connectivity index (χ3v) is 5.79. The van der Waals surface area contributed by atoms with Crippen molar-refractivity contribution in [1.29, 1.82) is 0 Å². The number of hydrogen-bond donors (Lipinski definition) is 1. The Balaban J connectivity index is 2.21. The molecule has 1 aromatic heterocycles. The van der Waals surface area contributed by atoms with Crippen LogP contribution < -0.4 is 5.32 Å². The van der Waals surface area contributed by atoms with Gasteiger partial charge in [-0.3, -0.25) is 0 Å². The lowest BCUT2D eigenvalue weighted by molar-refractivity contribution is 0.143. The minimum absolute atomic E-state index is 0.0786. The Morgan fingerprint density at radius 1 is 1.52 bits per heavy atom. The summed E-state index contributed by atoms with van der Waals surface area (Å²) in [5.41, 5.74) is 1.32. The van der Waals surface area contributed by atoms with E-state index in [9.17, 15) is 0 Å². The second kappa shape index (κ2) is 7.70. The van der Waals surface area contributed by atoms with Crippen molar-refractivity contribution in [3.05, 3.63) is 16.1 Å². The first-order chi connectivity index (χ1) is 10.1. The fourth-order valence-electron chi connectivity index (χ4n) is 3.33. The number of ether oxygens (including phenoxy) is 1. The number of aromatic nitrogens is 1. The van der Waals surface area contributed by atoms with Gasteiger partial charge in [0.2, 0.25) is 0 Å². The molecule has 1 aromatic rings. The highest BCUT2D eigenvalue weighted by Crippen LogP contribution is 2.42. The van der Waals surface area contributed by atoms with Crippen LogP contribution in [0.2, 0.25) is 0 Å². The average molecular weight is 311 g/mol. The molecule has 1 saturated carbocycles. The van der Waals surface area contributed by atoms with E-state index in [1.54, 1.807) is 7.11 Å². The summed E-state index contributed by atoms with van der Waals surface area (Å²) in [5, 5.41) is 7.33. The quantitative estimate of drug-likeness (QED) is 0.763. The van der Waals surface area contributed by atoms with E-state index in [0.717, 1.165) is 19.1 Å². The molecular formula is C17H30N2OS. The Hall–Kier alpha value is -0.450. The number of methoxy groups -OCH3 is 1. The molecule has 4 heteroatoms. The zero-order valence-electron chi connectivity index (χ0n) is 13.9. The summed E-state index contributed by atoms with van der Waals surface area (Å²) in [4.78, 5) is 4.97. The lowest BCUT2D eigenvalue weighted by atomic mass is 9.75. The largest absolute Gasteiger partial charge is 0.383 e. The summed E-state index contributed by atoms with van der Waals surface area (Å²) in [6.07, 6.45) is 6.37. The SMILES string of the molecule is CCC1CCCC(NCCOC)(c2nc(C(C)C)cs2)C1. The Bertz CT molecular complexity index is 432. The highest BCUT2D eigenvalue weighted by molar-refractivity contribution is 7.09. The Morgan fingerprint density at radius 2 is 2.33 bits per heavy atom. The standard InChI is InChI=1S/C17H30N2OS/c1-5-14-7-6-8-17(11-14,18-9-10-20-4)16-19-15(12-21-16)13(2)3/h12-14,18H,5-11H2,1-4H3. The van der Waals surface area contributed by atoms with Crippen molar-refractivity contribution in [2.45, 2.75) is 64.3 Å². The van der Waals surface area contributed by atoms with Crippen LogP contribution in [0.3, 0.4) is 0 Å². The van der Waals surface area contributed by atoms with Crippen LogP contribution in [0.1, 0.15) is 69.5 Å². The van der Waals surface area contributed by atoms with Crippen LogP contribution >= 0.6 is 11.3 Å². The molecule has 2 rings (SSSR count). The van der Waals surface area contributed by atoms with Gasteiger partial charge in [-0.1, -0.05) is 40.0 Å². The van der Waals surface area contributed by atoms with Crippen LogP contribution in [0.15, 0.2) is 5.38 Å². The van der Waals surface area contributed by atoms with Crippen LogP contribution in [-0.4, -0.2) is 25.2 Å². The number of rotatable bonds is 7. The molecule has 3 nitrogen and oxygen atoms in total. The predicted molar refractivity (Wildman–Crippen MR) is 90.0 cm³/mol. The molecule has 0 aliphatic heterocycles. The molecular weight excluding hydrogens is 280 g/mol. The first kappa shape index (κ1) is 16.9. The van der Waals surface area contributed by atoms with E-state index in [1.165, 1.54) is 42.8 Å². The van der Waals surface area contributed by atoms with Crippen LogP contribution in [-0.2, 0) is 10.3 Å². The van der Waals surface area contributed by atoms with Gasteiger partial charge in [-0.15, -0.1) is 11.3 Å². The minimum atomic E-state index is 0.0786. The van der Waals surface area contributed by atoms with E-state index < -0.39 is 0 Å². The van der Waals surface area contributed by atoms with Crippen LogP contribution in [0, 0.1) is 5.92 Å². The molecule has 2 unspecified atom stereocenters. The fourth-order valence-corrected chi connectivity index (χ4v) is 4.53. The number of hydrogen-bond acceptors (Lipinski definition) is 4. The zero-order chi connectivity index (χ0) is 15.3. The molecule has 0 radical (unpaired) electrons. The second-order valence-corrected chi connectivity index (χ2v) is 7.46. The third kappa shape index (κ3) is 4.05. The van der Waals surface area contributed by atoms with E-state index >= 15 is 0 Å². The van der Waals surface area contributed by atoms with Gasteiger partial charge in [0.15, 0.2) is 0 Å². The van der Waals surface area contributed by atoms with E-state index in [2.05, 4.69) is 31.5 Å². The van der Waals surface area contributed by atoms with Gasteiger partial charge in [0.1, 0.15) is 5.01 Å². The van der Waals surface area contributed by atoms with Gasteiger partial charge in [-0.05, 0) is 24.7 Å². The van der Waals surface area contributed by atoms with E-state index in [-0.39, 0.29) is 5.54 Å². The Kier molecular flexibility index (Phi) is 6.20. The van der Waals surface area contributed by atoms with Crippen LogP contribution in [0.5, 0.6) is 0 Å². The van der Waals surface area contributed by atoms with Gasteiger partial charge < -0.3 is 10.1 Å². The van der Waals surface area contributed by atoms with Gasteiger partial charge in [-0.25, -0.2) is 4.98 Å². The molecule has 0 saturated heterocycles. The molecule has 1 heterocycles. The van der Waals surface area contributed by atoms with Gasteiger partial charge in [-0.2, -0.15) is 0 Å². The molecule has 0 spiro atoms. The van der Waals surface area contributed by atoms with Gasteiger partial charge in [0, 0.05) is 19.0 Å². The topological polar surface area (TPSA) is 34.1 Å². The summed E-state index contributed by atoms with van der Waals surface area (Å²) in [5.74, 6) is 1.33. The zero-order valence-corrected chi connectivity index (χ0v) is 14.8. The first-order valence-electron chi connectivity index (χ1n) is 8.31. The highest BCUT2D eigenvalue weighted by atomic mass is 32.1. The van der Waals surface area contributed by atoms with Crippen LogP contribution in [0.25, 0.3) is 0 Å². The average Bonchev–Trinajstić information content (AvgIpc) is 2.98. The maximum atomic E-state index is 5.23. The maximum absolute atomic E-state index is 5.23. The highest BCUT2D eigenvalue weighted by Gasteiger charge is 2.39. The van der Waals surface area contributed by atoms with Gasteiger partial charge in [0.05, 0.1) is 17.8 Å². The summed E-state index contributed by atoms with van der Waals surface area (Å²) >= 11 is 1.84. The van der Waals surface area contributed by atoms with Crippen molar-refractivity contribution >= 4 is 11.3 Å². The minimum Gasteiger partial charge on any atom is -0.383 e. The number of thiazole rings is 1. The van der Waals surface area contributed by atoms with E-state index in [0.29, 0.717) is 5.92 Å². The molecule has 2 atom stereocenters. The monoisotopic (exact) mass is 310 g/mol. The van der Waals surface area contributed by atoms with Crippen molar-refractivity contribution in [3.63, 3.8) is 0 Å². The number of nitrogens with zero attached hydrogens (tertiary/aromatic N) is 1. The van der Waals surface area contributed by atoms with Crippen molar-refractivity contribution < 1.29 is 4.74 Å². The van der Waals surface area contributed by atoms with Gasteiger partial charge in [0.25, 0.3) is 0 Å². The lowest BCUT2D eigenvalue weighted by Crippen LogP contribution is -2.47. The molecule has 1 aliphatic carbocycles. The molecule has 1 N–H and O–H groups in total. The van der Waals surface area contributed by atoms with Crippen molar-refractivity contribution in [3.8, 4) is 0 Å². The summed E-state index contributed by atoms with van der Waals surface area (Å²) in [7, 11) is 1.77. The van der Waals surface area contributed by atoms with E-state index in [1.807, 2.05) is 11.3 Å². The normalized spacial score (nSPS) is 26.4. The second-order valence-electron chi connectivity index (χ2n) is 6.60. The fraction of sp³-hybridized carbons (Fsp3) is 0.824. The van der Waals surface area contributed by atoms with E-state index in [4.69, 9.17) is 9.72 Å². The summed E-state index contributed by atoms with van der Waals surface area (Å²) in [6.45, 7) is 8.43. The van der Waals surface area contributed by atoms with Crippen molar-refractivity contribution in [2.24, 2.45) is 5.92 Å². The first-order valence-corrected chi connectivity index (χ1v) is 9.19. The summed E-state index contributed by atoms with van der Waals surface area (Å²) in [6, 6.07) is 0. The van der Waals surface area contributed by atoms with Gasteiger partial charge >= 0.3 is 0 Å². The molecule has 1 aliphatic rings. The molecule has 21 heavy (non-hydrogen) atoms. The summed E-state index contributed by atoms with van der Waals surface area (Å²) < 4.78 is 5.23. The third-order valence-electron chi connectivity index (χ3n) is 4.72. The van der Waals surface area contributed by atoms with Crippen LogP contribution in [0.4, 0.5) is 0 Å². The smallest absolute Gasteiger partial charge is 0.113 e. The predicted octanol–water partition coefficient (Wildman–Crippen LogP) is 4.30. The van der Waals surface area contributed by atoms with Crippen molar-refractivity contribution in [1.82, 2.24) is 10.3 Å². The lowest BCUT2D eigenvalue weighted by Gasteiger charge is -2.40. The Labute approximate surface area is 133 Å². The number of nitrogens with one attached hydrogen (secondary N) is 1. The molecule has 120 valence electrons. The molecule has 0 bridgehead atoms. The van der Waals surface area contributed by atoms with Crippen molar-refractivity contribution in [2.75, 3.05) is 20.3 Å². The molecule has 0 amide bonds. The molecule has 1 fully saturated rings. The maximum Gasteiger partial charge on any atom is 0.113 e. The molecule has 0 aromatic carbocycles. The Morgan fingerprint density at radius 3 is 2.95 bits per heavy atom.